The van der Waals surface area contributed by atoms with Gasteiger partial charge >= 0.3 is 5.97 Å². The van der Waals surface area contributed by atoms with Gasteiger partial charge in [-0.15, -0.1) is 11.3 Å². The van der Waals surface area contributed by atoms with Gasteiger partial charge in [-0.3, -0.25) is 9.59 Å². The van der Waals surface area contributed by atoms with Crippen LogP contribution in [0.25, 0.3) is 0 Å². The Bertz CT molecular complexity index is 623. The smallest absolute Gasteiger partial charge is 0.308 e. The molecule has 1 heterocycles. The maximum absolute atomic E-state index is 12.3. The Balaban J connectivity index is 2.87. The van der Waals surface area contributed by atoms with Gasteiger partial charge in [0.05, 0.1) is 6.42 Å². The van der Waals surface area contributed by atoms with Gasteiger partial charge in [0, 0.05) is 31.4 Å². The molecule has 1 rings (SSSR count). The molecule has 0 aromatic carbocycles. The highest BCUT2D eigenvalue weighted by molar-refractivity contribution is 7.91. The minimum absolute atomic E-state index is 0.0498. The van der Waals surface area contributed by atoms with Crippen molar-refractivity contribution in [3.8, 4) is 0 Å². The first kappa shape index (κ1) is 17.6. The highest BCUT2D eigenvalue weighted by Crippen LogP contribution is 2.25. The van der Waals surface area contributed by atoms with Gasteiger partial charge in [-0.05, 0) is 12.1 Å². The predicted octanol–water partition coefficient (Wildman–Crippen LogP) is 0.378. The molecule has 1 unspecified atom stereocenters. The fourth-order valence-corrected chi connectivity index (χ4v) is 4.52. The van der Waals surface area contributed by atoms with Gasteiger partial charge < -0.3 is 10.4 Å². The Morgan fingerprint density at radius 1 is 1.43 bits per heavy atom. The molecule has 9 heteroatoms. The van der Waals surface area contributed by atoms with Gasteiger partial charge in [-0.25, -0.2) is 8.42 Å². The summed E-state index contributed by atoms with van der Waals surface area (Å²) in [5.41, 5.74) is 0. The average Bonchev–Trinajstić information content (AvgIpc) is 2.85. The molecule has 0 aliphatic rings. The maximum atomic E-state index is 12.3. The molecule has 2 N–H and O–H groups in total. The van der Waals surface area contributed by atoms with E-state index in [2.05, 4.69) is 5.32 Å². The summed E-state index contributed by atoms with van der Waals surface area (Å²) in [5.74, 6) is -1.73. The third-order valence-corrected chi connectivity index (χ3v) is 6.23. The molecule has 21 heavy (non-hydrogen) atoms. The molecule has 0 aliphatic carbocycles. The van der Waals surface area contributed by atoms with Crippen molar-refractivity contribution in [3.05, 3.63) is 17.0 Å². The summed E-state index contributed by atoms with van der Waals surface area (Å²) >= 11 is 0.927. The van der Waals surface area contributed by atoms with E-state index in [9.17, 15) is 18.0 Å². The Morgan fingerprint density at radius 3 is 2.57 bits per heavy atom. The standard InChI is InChI=1S/C12H18N2O5S2/c1-8(12(17)13-2)7-14(3)21(18,19)11-5-4-9(20-11)6-10(15)16/h4-5,8H,6-7H2,1-3H3,(H,13,17)(H,15,16). The topological polar surface area (TPSA) is 104 Å². The van der Waals surface area contributed by atoms with Gasteiger partial charge in [0.15, 0.2) is 0 Å². The van der Waals surface area contributed by atoms with Crippen LogP contribution in [0.15, 0.2) is 16.3 Å². The number of carboxylic acid groups (broad SMARTS) is 1. The number of aliphatic carboxylic acids is 1. The van der Waals surface area contributed by atoms with Gasteiger partial charge in [0.1, 0.15) is 4.21 Å². The van der Waals surface area contributed by atoms with E-state index in [-0.39, 0.29) is 23.1 Å². The summed E-state index contributed by atoms with van der Waals surface area (Å²) in [5, 5.41) is 11.2. The lowest BCUT2D eigenvalue weighted by atomic mass is 10.2. The van der Waals surface area contributed by atoms with Crippen molar-refractivity contribution < 1.29 is 23.1 Å². The molecular weight excluding hydrogens is 316 g/mol. The van der Waals surface area contributed by atoms with Gasteiger partial charge in [0.2, 0.25) is 5.91 Å². The molecule has 1 amide bonds. The SMILES string of the molecule is CNC(=O)C(C)CN(C)S(=O)(=O)c1ccc(CC(=O)O)s1. The molecule has 0 fully saturated rings. The van der Waals surface area contributed by atoms with Crippen LogP contribution in [0.1, 0.15) is 11.8 Å². The number of amides is 1. The number of nitrogens with one attached hydrogen (secondary N) is 1. The zero-order chi connectivity index (χ0) is 16.2. The van der Waals surface area contributed by atoms with E-state index < -0.39 is 21.9 Å². The lowest BCUT2D eigenvalue weighted by Gasteiger charge is -2.19. The first-order chi connectivity index (χ1) is 9.68. The molecule has 0 radical (unpaired) electrons. The molecule has 0 spiro atoms. The summed E-state index contributed by atoms with van der Waals surface area (Å²) in [6.07, 6.45) is -0.210. The highest BCUT2D eigenvalue weighted by atomic mass is 32.2. The van der Waals surface area contributed by atoms with Crippen molar-refractivity contribution in [2.24, 2.45) is 5.92 Å². The van der Waals surface area contributed by atoms with Crippen molar-refractivity contribution in [3.63, 3.8) is 0 Å². The second kappa shape index (κ2) is 7.01. The molecule has 7 nitrogen and oxygen atoms in total. The summed E-state index contributed by atoms with van der Waals surface area (Å²) in [4.78, 5) is 22.5. The van der Waals surface area contributed by atoms with Gasteiger partial charge in [0.25, 0.3) is 10.0 Å². The lowest BCUT2D eigenvalue weighted by molar-refractivity contribution is -0.136. The zero-order valence-electron chi connectivity index (χ0n) is 12.0. The lowest BCUT2D eigenvalue weighted by Crippen LogP contribution is -2.37. The first-order valence-corrected chi connectivity index (χ1v) is 8.42. The Hall–Kier alpha value is -1.45. The number of nitrogens with zero attached hydrogens (tertiary/aromatic N) is 1. The van der Waals surface area contributed by atoms with Crippen LogP contribution in [0.2, 0.25) is 0 Å². The summed E-state index contributed by atoms with van der Waals surface area (Å²) < 4.78 is 25.8. The number of carbonyl (C=O) groups is 2. The zero-order valence-corrected chi connectivity index (χ0v) is 13.6. The number of hydrogen-bond acceptors (Lipinski definition) is 5. The van der Waals surface area contributed by atoms with Crippen LogP contribution >= 0.6 is 11.3 Å². The summed E-state index contributed by atoms with van der Waals surface area (Å²) in [6, 6.07) is 2.88. The Morgan fingerprint density at radius 2 is 2.05 bits per heavy atom. The first-order valence-electron chi connectivity index (χ1n) is 6.17. The normalized spacial score (nSPS) is 13.1. The van der Waals surface area contributed by atoms with E-state index in [4.69, 9.17) is 5.11 Å². The maximum Gasteiger partial charge on any atom is 0.308 e. The molecule has 1 atom stereocenters. The van der Waals surface area contributed by atoms with Crippen LogP contribution in [0, 0.1) is 5.92 Å². The van der Waals surface area contributed by atoms with Crippen LogP contribution < -0.4 is 5.32 Å². The molecule has 0 aliphatic heterocycles. The second-order valence-corrected chi connectivity index (χ2v) is 8.03. The second-order valence-electron chi connectivity index (χ2n) is 4.59. The number of carboxylic acids is 1. The van der Waals surface area contributed by atoms with Crippen LogP contribution in [0.3, 0.4) is 0 Å². The Kier molecular flexibility index (Phi) is 5.87. The molecule has 1 aromatic heterocycles. The number of rotatable bonds is 7. The van der Waals surface area contributed by atoms with Crippen molar-refractivity contribution in [1.82, 2.24) is 9.62 Å². The summed E-state index contributed by atoms with van der Waals surface area (Å²) in [7, 11) is -0.827. The van der Waals surface area contributed by atoms with E-state index in [1.807, 2.05) is 0 Å². The van der Waals surface area contributed by atoms with Crippen LogP contribution in [0.4, 0.5) is 0 Å². The van der Waals surface area contributed by atoms with E-state index in [1.54, 1.807) is 6.92 Å². The van der Waals surface area contributed by atoms with Crippen LogP contribution in [0.5, 0.6) is 0 Å². The monoisotopic (exact) mass is 334 g/mol. The fourth-order valence-electron chi connectivity index (χ4n) is 1.71. The number of hydrogen-bond donors (Lipinski definition) is 2. The van der Waals surface area contributed by atoms with E-state index in [1.165, 1.54) is 26.2 Å². The van der Waals surface area contributed by atoms with Crippen molar-refractivity contribution in [2.75, 3.05) is 20.6 Å². The summed E-state index contributed by atoms with van der Waals surface area (Å²) in [6.45, 7) is 1.68. The number of carbonyl (C=O) groups excluding carboxylic acids is 1. The number of thiophene rings is 1. The third-order valence-electron chi connectivity index (χ3n) is 2.85. The molecule has 1 aromatic rings. The quantitative estimate of drug-likeness (QED) is 0.750. The molecule has 0 bridgehead atoms. The van der Waals surface area contributed by atoms with Crippen molar-refractivity contribution in [1.29, 1.82) is 0 Å². The van der Waals surface area contributed by atoms with E-state index in [0.717, 1.165) is 15.6 Å². The minimum Gasteiger partial charge on any atom is -0.481 e. The van der Waals surface area contributed by atoms with E-state index in [0.29, 0.717) is 4.88 Å². The number of sulfonamides is 1. The average molecular weight is 334 g/mol. The van der Waals surface area contributed by atoms with Crippen molar-refractivity contribution >= 4 is 33.2 Å². The molecule has 118 valence electrons. The van der Waals surface area contributed by atoms with Crippen LogP contribution in [-0.4, -0.2) is 50.3 Å². The van der Waals surface area contributed by atoms with Gasteiger partial charge in [-0.1, -0.05) is 6.92 Å². The van der Waals surface area contributed by atoms with Crippen molar-refractivity contribution in [2.45, 2.75) is 17.6 Å². The molecule has 0 saturated heterocycles. The van der Waals surface area contributed by atoms with Crippen LogP contribution in [-0.2, 0) is 26.0 Å². The third kappa shape index (κ3) is 4.51. The van der Waals surface area contributed by atoms with E-state index >= 15 is 0 Å². The fraction of sp³-hybridized carbons (Fsp3) is 0.500. The largest absolute Gasteiger partial charge is 0.481 e. The van der Waals surface area contributed by atoms with Gasteiger partial charge in [-0.2, -0.15) is 4.31 Å². The molecular formula is C12H18N2O5S2. The highest BCUT2D eigenvalue weighted by Gasteiger charge is 2.26. The Labute approximate surface area is 127 Å². The predicted molar refractivity (Wildman–Crippen MR) is 78.7 cm³/mol. The minimum atomic E-state index is -3.71. The molecule has 0 saturated carbocycles.